The van der Waals surface area contributed by atoms with Crippen molar-refractivity contribution in [1.29, 1.82) is 0 Å². The average Bonchev–Trinajstić information content (AvgIpc) is 2.57. The minimum Gasteiger partial charge on any atom is -0.496 e. The number of nitrogens with zero attached hydrogens (tertiary/aromatic N) is 2. The zero-order valence-corrected chi connectivity index (χ0v) is 8.44. The zero-order valence-electron chi connectivity index (χ0n) is 8.44. The fraction of sp³-hybridized carbons (Fsp3) is 0.300. The van der Waals surface area contributed by atoms with Crippen LogP contribution in [0.3, 0.4) is 0 Å². The molecule has 4 heteroatoms. The quantitative estimate of drug-likeness (QED) is 0.725. The van der Waals surface area contributed by atoms with Gasteiger partial charge in [-0.1, -0.05) is 0 Å². The van der Waals surface area contributed by atoms with E-state index in [4.69, 9.17) is 9.47 Å². The molecule has 0 bridgehead atoms. The Hall–Kier alpha value is -1.71. The van der Waals surface area contributed by atoms with E-state index < -0.39 is 0 Å². The highest BCUT2D eigenvalue weighted by molar-refractivity contribution is 5.89. The molecule has 0 saturated heterocycles. The summed E-state index contributed by atoms with van der Waals surface area (Å²) in [6.45, 7) is 0. The number of hydrogen-bond acceptors (Lipinski definition) is 3. The lowest BCUT2D eigenvalue weighted by atomic mass is 10.2. The summed E-state index contributed by atoms with van der Waals surface area (Å²) in [6, 6.07) is 3.73. The van der Waals surface area contributed by atoms with Gasteiger partial charge in [0, 0.05) is 13.2 Å². The van der Waals surface area contributed by atoms with E-state index in [-0.39, 0.29) is 0 Å². The Morgan fingerprint density at radius 2 is 1.79 bits per heavy atom. The van der Waals surface area contributed by atoms with Crippen LogP contribution in [0.2, 0.25) is 0 Å². The van der Waals surface area contributed by atoms with Crippen LogP contribution in [0.4, 0.5) is 0 Å². The topological polar surface area (TPSA) is 36.3 Å². The lowest BCUT2D eigenvalue weighted by molar-refractivity contribution is 0.410. The predicted octanol–water partition coefficient (Wildman–Crippen LogP) is 1.59. The first-order valence-corrected chi connectivity index (χ1v) is 4.30. The molecule has 0 aliphatic rings. The minimum absolute atomic E-state index is 0.765. The number of aromatic nitrogens is 2. The van der Waals surface area contributed by atoms with Crippen molar-refractivity contribution in [3.63, 3.8) is 0 Å². The summed E-state index contributed by atoms with van der Waals surface area (Å²) in [4.78, 5) is 0. The van der Waals surface area contributed by atoms with Gasteiger partial charge in [-0.3, -0.25) is 4.68 Å². The number of ether oxygens (including phenoxy) is 2. The Labute approximate surface area is 82.0 Å². The molecule has 0 unspecified atom stereocenters. The van der Waals surface area contributed by atoms with E-state index in [1.54, 1.807) is 18.9 Å². The highest BCUT2D eigenvalue weighted by atomic mass is 16.5. The van der Waals surface area contributed by atoms with Gasteiger partial charge < -0.3 is 9.47 Å². The number of hydrogen-bond donors (Lipinski definition) is 0. The number of fused-ring (bicyclic) bond motifs is 1. The predicted molar refractivity (Wildman–Crippen MR) is 53.8 cm³/mol. The second-order valence-corrected chi connectivity index (χ2v) is 3.04. The van der Waals surface area contributed by atoms with Gasteiger partial charge in [-0.25, -0.2) is 0 Å². The van der Waals surface area contributed by atoms with Crippen LogP contribution in [0.5, 0.6) is 11.5 Å². The Kier molecular flexibility index (Phi) is 2.04. The van der Waals surface area contributed by atoms with Crippen molar-refractivity contribution in [2.45, 2.75) is 0 Å². The standard InChI is InChI=1S/C10H12N2O2/c1-12-6-7-8(13-2)4-5-9(14-3)10(7)11-12/h4-6H,1-3H3. The van der Waals surface area contributed by atoms with Gasteiger partial charge in [0.15, 0.2) is 0 Å². The monoisotopic (exact) mass is 192 g/mol. The average molecular weight is 192 g/mol. The minimum atomic E-state index is 0.765. The third-order valence-electron chi connectivity index (χ3n) is 2.15. The fourth-order valence-corrected chi connectivity index (χ4v) is 1.51. The summed E-state index contributed by atoms with van der Waals surface area (Å²) in [5.74, 6) is 1.58. The van der Waals surface area contributed by atoms with Crippen molar-refractivity contribution in [1.82, 2.24) is 9.78 Å². The van der Waals surface area contributed by atoms with E-state index >= 15 is 0 Å². The third-order valence-corrected chi connectivity index (χ3v) is 2.15. The Morgan fingerprint density at radius 1 is 1.14 bits per heavy atom. The van der Waals surface area contributed by atoms with Gasteiger partial charge >= 0.3 is 0 Å². The molecule has 2 aromatic rings. The number of aryl methyl sites for hydroxylation is 1. The first-order chi connectivity index (χ1) is 6.76. The molecule has 0 aliphatic heterocycles. The van der Waals surface area contributed by atoms with E-state index in [2.05, 4.69) is 5.10 Å². The molecule has 0 spiro atoms. The van der Waals surface area contributed by atoms with E-state index in [0.29, 0.717) is 0 Å². The summed E-state index contributed by atoms with van der Waals surface area (Å²) in [6.07, 6.45) is 1.91. The molecule has 0 fully saturated rings. The lowest BCUT2D eigenvalue weighted by Crippen LogP contribution is -1.88. The third kappa shape index (κ3) is 1.19. The van der Waals surface area contributed by atoms with Crippen molar-refractivity contribution < 1.29 is 9.47 Å². The van der Waals surface area contributed by atoms with Crippen LogP contribution in [0.15, 0.2) is 18.3 Å². The molecule has 1 aromatic carbocycles. The summed E-state index contributed by atoms with van der Waals surface area (Å²) >= 11 is 0. The summed E-state index contributed by atoms with van der Waals surface area (Å²) < 4.78 is 12.2. The van der Waals surface area contributed by atoms with Gasteiger partial charge in [-0.05, 0) is 12.1 Å². The molecule has 0 aliphatic carbocycles. The van der Waals surface area contributed by atoms with Crippen LogP contribution in [0.1, 0.15) is 0 Å². The summed E-state index contributed by atoms with van der Waals surface area (Å²) in [7, 11) is 5.16. The van der Waals surface area contributed by atoms with Crippen LogP contribution in [-0.2, 0) is 7.05 Å². The van der Waals surface area contributed by atoms with Crippen molar-refractivity contribution in [2.24, 2.45) is 7.05 Å². The number of methoxy groups -OCH3 is 2. The SMILES string of the molecule is COc1ccc(OC)c2nn(C)cc12. The maximum atomic E-state index is 5.23. The zero-order chi connectivity index (χ0) is 10.1. The van der Waals surface area contributed by atoms with Gasteiger partial charge in [0.05, 0.1) is 19.6 Å². The smallest absolute Gasteiger partial charge is 0.147 e. The molecule has 0 atom stereocenters. The highest BCUT2D eigenvalue weighted by Crippen LogP contribution is 2.31. The van der Waals surface area contributed by atoms with Gasteiger partial charge in [0.1, 0.15) is 17.0 Å². The van der Waals surface area contributed by atoms with Gasteiger partial charge in [-0.15, -0.1) is 0 Å². The fourth-order valence-electron chi connectivity index (χ4n) is 1.51. The highest BCUT2D eigenvalue weighted by Gasteiger charge is 2.09. The molecule has 0 radical (unpaired) electrons. The van der Waals surface area contributed by atoms with E-state index in [1.165, 1.54) is 0 Å². The molecular formula is C10H12N2O2. The molecule has 0 N–H and O–H groups in total. The molecule has 1 heterocycles. The normalized spacial score (nSPS) is 10.5. The van der Waals surface area contributed by atoms with E-state index in [1.807, 2.05) is 25.4 Å². The molecule has 2 rings (SSSR count). The molecule has 0 amide bonds. The Balaban J connectivity index is 2.77. The number of rotatable bonds is 2. The molecule has 74 valence electrons. The van der Waals surface area contributed by atoms with E-state index in [9.17, 15) is 0 Å². The van der Waals surface area contributed by atoms with Gasteiger partial charge in [0.2, 0.25) is 0 Å². The molecule has 14 heavy (non-hydrogen) atoms. The second-order valence-electron chi connectivity index (χ2n) is 3.04. The first-order valence-electron chi connectivity index (χ1n) is 4.30. The van der Waals surface area contributed by atoms with Crippen LogP contribution < -0.4 is 9.47 Å². The number of benzene rings is 1. The molecule has 4 nitrogen and oxygen atoms in total. The summed E-state index contributed by atoms with van der Waals surface area (Å²) in [5.41, 5.74) is 0.828. The second kappa shape index (κ2) is 3.21. The van der Waals surface area contributed by atoms with Crippen LogP contribution in [0, 0.1) is 0 Å². The summed E-state index contributed by atoms with van der Waals surface area (Å²) in [5, 5.41) is 5.27. The first kappa shape index (κ1) is 8.87. The van der Waals surface area contributed by atoms with Crippen molar-refractivity contribution in [2.75, 3.05) is 14.2 Å². The van der Waals surface area contributed by atoms with Crippen LogP contribution in [-0.4, -0.2) is 24.0 Å². The van der Waals surface area contributed by atoms with Gasteiger partial charge in [-0.2, -0.15) is 5.10 Å². The lowest BCUT2D eigenvalue weighted by Gasteiger charge is -2.03. The Bertz CT molecular complexity index is 421. The molecule has 1 aromatic heterocycles. The van der Waals surface area contributed by atoms with E-state index in [0.717, 1.165) is 22.4 Å². The van der Waals surface area contributed by atoms with Crippen LogP contribution in [0.25, 0.3) is 10.9 Å². The van der Waals surface area contributed by atoms with Crippen LogP contribution >= 0.6 is 0 Å². The van der Waals surface area contributed by atoms with Crippen molar-refractivity contribution >= 4 is 10.9 Å². The Morgan fingerprint density at radius 3 is 2.43 bits per heavy atom. The van der Waals surface area contributed by atoms with Gasteiger partial charge in [0.25, 0.3) is 0 Å². The van der Waals surface area contributed by atoms with Crippen molar-refractivity contribution in [3.8, 4) is 11.5 Å². The maximum absolute atomic E-state index is 5.23. The molecule has 0 saturated carbocycles. The largest absolute Gasteiger partial charge is 0.496 e. The molecular weight excluding hydrogens is 180 g/mol. The van der Waals surface area contributed by atoms with Crippen molar-refractivity contribution in [3.05, 3.63) is 18.3 Å². The maximum Gasteiger partial charge on any atom is 0.147 e.